The minimum Gasteiger partial charge on any atom is -0.381 e. The molecule has 0 saturated carbocycles. The molecule has 120 valence electrons. The van der Waals surface area contributed by atoms with E-state index in [1.165, 1.54) is 6.20 Å². The molecule has 23 heavy (non-hydrogen) atoms. The first-order valence-electron chi connectivity index (χ1n) is 7.65. The van der Waals surface area contributed by atoms with Crippen LogP contribution in [-0.4, -0.2) is 30.0 Å². The van der Waals surface area contributed by atoms with Gasteiger partial charge in [0.05, 0.1) is 10.6 Å². The Labute approximate surface area is 140 Å². The number of nitrogens with two attached hydrogens (primary N) is 1. The Morgan fingerprint density at radius 3 is 2.83 bits per heavy atom. The maximum absolute atomic E-state index is 11.2. The van der Waals surface area contributed by atoms with Gasteiger partial charge in [0.2, 0.25) is 5.91 Å². The normalized spacial score (nSPS) is 17.8. The molecule has 1 saturated heterocycles. The number of pyridine rings is 1. The molecule has 1 fully saturated rings. The van der Waals surface area contributed by atoms with E-state index in [4.69, 9.17) is 17.3 Å². The van der Waals surface area contributed by atoms with E-state index >= 15 is 0 Å². The van der Waals surface area contributed by atoms with Crippen LogP contribution in [0, 0.1) is 0 Å². The second-order valence-electron chi connectivity index (χ2n) is 5.69. The molecular weight excluding hydrogens is 312 g/mol. The van der Waals surface area contributed by atoms with Crippen LogP contribution in [0.3, 0.4) is 0 Å². The Bertz CT molecular complexity index is 692. The van der Waals surface area contributed by atoms with Crippen LogP contribution in [-0.2, 0) is 0 Å². The van der Waals surface area contributed by atoms with Crippen LogP contribution in [0.15, 0.2) is 42.6 Å². The van der Waals surface area contributed by atoms with Gasteiger partial charge in [-0.25, -0.2) is 4.98 Å². The molecule has 1 amide bonds. The Balaban J connectivity index is 1.72. The fourth-order valence-corrected chi connectivity index (χ4v) is 3.14. The molecule has 0 radical (unpaired) electrons. The van der Waals surface area contributed by atoms with E-state index in [2.05, 4.69) is 27.3 Å². The minimum atomic E-state index is -0.520. The van der Waals surface area contributed by atoms with Crippen LogP contribution >= 0.6 is 11.6 Å². The zero-order chi connectivity index (χ0) is 16.2. The summed E-state index contributed by atoms with van der Waals surface area (Å²) in [5.74, 6) is 0.185. The van der Waals surface area contributed by atoms with Crippen LogP contribution < -0.4 is 16.0 Å². The highest BCUT2D eigenvalue weighted by Gasteiger charge is 2.22. The molecule has 1 aromatic heterocycles. The van der Waals surface area contributed by atoms with E-state index in [1.54, 1.807) is 6.07 Å². The molecule has 0 bridgehead atoms. The predicted octanol–water partition coefficient (Wildman–Crippen LogP) is 2.91. The lowest BCUT2D eigenvalue weighted by molar-refractivity contribution is 0.1000. The number of carbonyl (C=O) groups excluding carboxylic acids is 1. The van der Waals surface area contributed by atoms with Crippen molar-refractivity contribution in [3.63, 3.8) is 0 Å². The molecule has 2 aromatic rings. The largest absolute Gasteiger partial charge is 0.381 e. The summed E-state index contributed by atoms with van der Waals surface area (Å²) in [5, 5.41) is 4.00. The highest BCUT2D eigenvalue weighted by Crippen LogP contribution is 2.27. The first-order chi connectivity index (χ1) is 11.1. The second kappa shape index (κ2) is 6.87. The summed E-state index contributed by atoms with van der Waals surface area (Å²) in [6, 6.07) is 12.1. The van der Waals surface area contributed by atoms with E-state index in [9.17, 15) is 4.79 Å². The molecule has 1 aliphatic heterocycles. The highest BCUT2D eigenvalue weighted by atomic mass is 35.5. The smallest absolute Gasteiger partial charge is 0.250 e. The molecule has 1 atom stereocenters. The number of primary amides is 1. The fraction of sp³-hybridized carbons (Fsp3) is 0.294. The molecule has 6 heteroatoms. The van der Waals surface area contributed by atoms with Crippen molar-refractivity contribution in [2.75, 3.05) is 23.3 Å². The van der Waals surface area contributed by atoms with Crippen LogP contribution in [0.4, 0.5) is 11.5 Å². The van der Waals surface area contributed by atoms with Crippen molar-refractivity contribution in [2.45, 2.75) is 18.9 Å². The lowest BCUT2D eigenvalue weighted by atomic mass is 10.1. The molecule has 1 aliphatic rings. The molecule has 3 rings (SSSR count). The van der Waals surface area contributed by atoms with Crippen molar-refractivity contribution < 1.29 is 4.79 Å². The van der Waals surface area contributed by atoms with Gasteiger partial charge in [0.1, 0.15) is 5.82 Å². The van der Waals surface area contributed by atoms with Gasteiger partial charge in [-0.05, 0) is 31.0 Å². The molecule has 0 aliphatic carbocycles. The number of hydrogen-bond donors (Lipinski definition) is 2. The van der Waals surface area contributed by atoms with Gasteiger partial charge in [-0.2, -0.15) is 0 Å². The molecular formula is C17H19ClN4O. The Morgan fingerprint density at radius 2 is 2.13 bits per heavy atom. The SMILES string of the molecule is NC(=O)c1cnc(N2CCCC(Nc3ccccc3)C2)c(Cl)c1. The number of nitrogens with zero attached hydrogens (tertiary/aromatic N) is 2. The zero-order valence-electron chi connectivity index (χ0n) is 12.7. The summed E-state index contributed by atoms with van der Waals surface area (Å²) in [6.45, 7) is 1.72. The van der Waals surface area contributed by atoms with Crippen LogP contribution in [0.1, 0.15) is 23.2 Å². The number of amides is 1. The molecule has 3 N–H and O–H groups in total. The number of piperidine rings is 1. The van der Waals surface area contributed by atoms with Crippen molar-refractivity contribution in [3.8, 4) is 0 Å². The quantitative estimate of drug-likeness (QED) is 0.904. The average Bonchev–Trinajstić information content (AvgIpc) is 2.56. The molecule has 5 nitrogen and oxygen atoms in total. The van der Waals surface area contributed by atoms with Gasteiger partial charge < -0.3 is 16.0 Å². The number of para-hydroxylation sites is 1. The number of carbonyl (C=O) groups is 1. The third-order valence-electron chi connectivity index (χ3n) is 3.97. The van der Waals surface area contributed by atoms with Gasteiger partial charge in [-0.15, -0.1) is 0 Å². The summed E-state index contributed by atoms with van der Waals surface area (Å²) in [4.78, 5) is 17.7. The third kappa shape index (κ3) is 3.74. The van der Waals surface area contributed by atoms with Crippen LogP contribution in [0.2, 0.25) is 5.02 Å². The maximum atomic E-state index is 11.2. The van der Waals surface area contributed by atoms with Crippen molar-refractivity contribution >= 4 is 29.0 Å². The first-order valence-corrected chi connectivity index (χ1v) is 8.03. The molecule has 1 aromatic carbocycles. The summed E-state index contributed by atoms with van der Waals surface area (Å²) < 4.78 is 0. The number of anilines is 2. The molecule has 2 heterocycles. The van der Waals surface area contributed by atoms with Crippen molar-refractivity contribution in [1.82, 2.24) is 4.98 Å². The van der Waals surface area contributed by atoms with E-state index < -0.39 is 5.91 Å². The number of hydrogen-bond acceptors (Lipinski definition) is 4. The number of benzene rings is 1. The van der Waals surface area contributed by atoms with Crippen LogP contribution in [0.25, 0.3) is 0 Å². The summed E-state index contributed by atoms with van der Waals surface area (Å²) in [6.07, 6.45) is 3.64. The lowest BCUT2D eigenvalue weighted by Gasteiger charge is -2.35. The highest BCUT2D eigenvalue weighted by molar-refractivity contribution is 6.33. The second-order valence-corrected chi connectivity index (χ2v) is 6.10. The maximum Gasteiger partial charge on any atom is 0.250 e. The third-order valence-corrected chi connectivity index (χ3v) is 4.25. The summed E-state index contributed by atoms with van der Waals surface area (Å²) in [7, 11) is 0. The van der Waals surface area contributed by atoms with Gasteiger partial charge in [0, 0.05) is 31.0 Å². The van der Waals surface area contributed by atoms with Gasteiger partial charge in [-0.1, -0.05) is 29.8 Å². The zero-order valence-corrected chi connectivity index (χ0v) is 13.5. The Hall–Kier alpha value is -2.27. The fourth-order valence-electron chi connectivity index (χ4n) is 2.86. The summed E-state index contributed by atoms with van der Waals surface area (Å²) in [5.41, 5.74) is 6.70. The lowest BCUT2D eigenvalue weighted by Crippen LogP contribution is -2.42. The van der Waals surface area contributed by atoms with E-state index in [0.29, 0.717) is 22.4 Å². The molecule has 0 spiro atoms. The van der Waals surface area contributed by atoms with Gasteiger partial charge in [-0.3, -0.25) is 4.79 Å². The van der Waals surface area contributed by atoms with E-state index in [0.717, 1.165) is 31.6 Å². The van der Waals surface area contributed by atoms with Gasteiger partial charge in [0.15, 0.2) is 0 Å². The van der Waals surface area contributed by atoms with Gasteiger partial charge >= 0.3 is 0 Å². The molecule has 1 unspecified atom stereocenters. The number of aromatic nitrogens is 1. The van der Waals surface area contributed by atoms with Crippen molar-refractivity contribution in [1.29, 1.82) is 0 Å². The monoisotopic (exact) mass is 330 g/mol. The van der Waals surface area contributed by atoms with Crippen molar-refractivity contribution in [3.05, 3.63) is 53.2 Å². The number of nitrogens with one attached hydrogen (secondary N) is 1. The number of rotatable bonds is 4. The van der Waals surface area contributed by atoms with Crippen LogP contribution in [0.5, 0.6) is 0 Å². The average molecular weight is 331 g/mol. The van der Waals surface area contributed by atoms with E-state index in [-0.39, 0.29) is 0 Å². The minimum absolute atomic E-state index is 0.328. The first kappa shape index (κ1) is 15.6. The Morgan fingerprint density at radius 1 is 1.35 bits per heavy atom. The topological polar surface area (TPSA) is 71.2 Å². The standard InChI is InChI=1S/C17H19ClN4O/c18-15-9-12(16(19)23)10-20-17(15)22-8-4-7-14(11-22)21-13-5-2-1-3-6-13/h1-3,5-6,9-10,14,21H,4,7-8,11H2,(H2,19,23). The number of halogens is 1. The Kier molecular flexibility index (Phi) is 4.67. The summed E-state index contributed by atoms with van der Waals surface area (Å²) >= 11 is 6.28. The van der Waals surface area contributed by atoms with E-state index in [1.807, 2.05) is 18.2 Å². The van der Waals surface area contributed by atoms with Gasteiger partial charge in [0.25, 0.3) is 0 Å². The van der Waals surface area contributed by atoms with Crippen molar-refractivity contribution in [2.24, 2.45) is 5.73 Å². The predicted molar refractivity (Wildman–Crippen MR) is 93.1 cm³/mol.